The van der Waals surface area contributed by atoms with Crippen LogP contribution in [0.2, 0.25) is 0 Å². The van der Waals surface area contributed by atoms with Crippen molar-refractivity contribution in [1.29, 1.82) is 0 Å². The first-order valence-electron chi connectivity index (χ1n) is 12.6. The van der Waals surface area contributed by atoms with E-state index in [0.29, 0.717) is 11.4 Å². The van der Waals surface area contributed by atoms with Gasteiger partial charge >= 0.3 is 6.03 Å². The number of nitrogens with zero attached hydrogens (tertiary/aromatic N) is 3. The van der Waals surface area contributed by atoms with Crippen LogP contribution in [0.25, 0.3) is 0 Å². The van der Waals surface area contributed by atoms with Crippen molar-refractivity contribution < 1.29 is 14.4 Å². The molecule has 8 heteroatoms. The number of rotatable bonds is 7. The zero-order chi connectivity index (χ0) is 25.9. The van der Waals surface area contributed by atoms with E-state index in [0.717, 1.165) is 42.6 Å². The molecular formula is C28H35N5O3. The van der Waals surface area contributed by atoms with Gasteiger partial charge in [0.15, 0.2) is 5.78 Å². The fourth-order valence-corrected chi connectivity index (χ4v) is 4.62. The fraction of sp³-hybridized carbons (Fsp3) is 0.429. The number of amides is 3. The number of hydrogen-bond acceptors (Lipinski definition) is 5. The zero-order valence-corrected chi connectivity index (χ0v) is 21.5. The van der Waals surface area contributed by atoms with Gasteiger partial charge in [-0.05, 0) is 37.1 Å². The van der Waals surface area contributed by atoms with E-state index in [4.69, 9.17) is 5.10 Å². The Balaban J connectivity index is 1.69. The number of carbonyl (C=O) groups excluding carboxylic acids is 3. The topological polar surface area (TPSA) is 94.1 Å². The quantitative estimate of drug-likeness (QED) is 0.565. The summed E-state index contributed by atoms with van der Waals surface area (Å²) in [5.41, 5.74) is 3.20. The van der Waals surface area contributed by atoms with Crippen molar-refractivity contribution in [2.75, 3.05) is 35.7 Å². The Morgan fingerprint density at radius 3 is 2.39 bits per heavy atom. The molecule has 1 saturated carbocycles. The van der Waals surface area contributed by atoms with E-state index in [1.807, 2.05) is 63.2 Å². The van der Waals surface area contributed by atoms with Crippen molar-refractivity contribution in [2.24, 2.45) is 16.4 Å². The fourth-order valence-electron chi connectivity index (χ4n) is 4.62. The molecule has 2 aromatic rings. The standard InChI is InChI=1S/C28H35N5O3/c1-28(2,3)24(34)17-32-23-15-8-7-14-22(23)26(19-10-5-6-11-19)31-33(27(32)36)18-25(35)30-21-13-9-12-20(16-21)29-4/h7-9,12-16,19,29H,5-6,10-11,17-18H2,1-4H3,(H,30,35). The molecule has 1 aliphatic carbocycles. The predicted molar refractivity (Wildman–Crippen MR) is 143 cm³/mol. The minimum absolute atomic E-state index is 0.0664. The molecule has 190 valence electrons. The Bertz CT molecular complexity index is 1180. The maximum atomic E-state index is 13.8. The van der Waals surface area contributed by atoms with Crippen LogP contribution in [0.15, 0.2) is 53.6 Å². The average Bonchev–Trinajstić information content (AvgIpc) is 3.35. The average molecular weight is 490 g/mol. The second kappa shape index (κ2) is 10.5. The van der Waals surface area contributed by atoms with Crippen LogP contribution < -0.4 is 15.5 Å². The van der Waals surface area contributed by atoms with E-state index >= 15 is 0 Å². The number of nitrogens with one attached hydrogen (secondary N) is 2. The van der Waals surface area contributed by atoms with Crippen molar-refractivity contribution in [3.05, 3.63) is 54.1 Å². The number of carbonyl (C=O) groups is 3. The molecule has 0 bridgehead atoms. The molecule has 1 aliphatic heterocycles. The largest absolute Gasteiger partial charge is 0.388 e. The number of fused-ring (bicyclic) bond motifs is 1. The van der Waals surface area contributed by atoms with E-state index in [1.54, 1.807) is 13.1 Å². The Labute approximate surface area is 212 Å². The molecule has 1 heterocycles. The lowest BCUT2D eigenvalue weighted by Gasteiger charge is -2.28. The Hall–Kier alpha value is -3.68. The van der Waals surface area contributed by atoms with Gasteiger partial charge in [-0.15, -0.1) is 0 Å². The van der Waals surface area contributed by atoms with Crippen LogP contribution in [-0.4, -0.2) is 48.6 Å². The summed E-state index contributed by atoms with van der Waals surface area (Å²) in [6.45, 7) is 5.18. The normalized spacial score (nSPS) is 16.3. The first-order valence-corrected chi connectivity index (χ1v) is 12.6. The molecule has 0 unspecified atom stereocenters. The number of Topliss-reactive ketones (excluding diaryl/α,β-unsaturated/α-hetero) is 1. The Kier molecular flexibility index (Phi) is 7.43. The molecule has 0 saturated heterocycles. The number of benzene rings is 2. The summed E-state index contributed by atoms with van der Waals surface area (Å²) in [5, 5.41) is 11.9. The monoisotopic (exact) mass is 489 g/mol. The lowest BCUT2D eigenvalue weighted by atomic mass is 9.90. The third kappa shape index (κ3) is 5.58. The number of hydrazone groups is 1. The van der Waals surface area contributed by atoms with Gasteiger partial charge in [0, 0.05) is 35.3 Å². The molecule has 2 aromatic carbocycles. The predicted octanol–water partition coefficient (Wildman–Crippen LogP) is 5.12. The van der Waals surface area contributed by atoms with Crippen LogP contribution in [-0.2, 0) is 9.59 Å². The summed E-state index contributed by atoms with van der Waals surface area (Å²) in [6, 6.07) is 14.5. The molecule has 0 aromatic heterocycles. The van der Waals surface area contributed by atoms with Gasteiger partial charge in [0.2, 0.25) is 5.91 Å². The third-order valence-electron chi connectivity index (χ3n) is 6.76. The highest BCUT2D eigenvalue weighted by Gasteiger charge is 2.36. The van der Waals surface area contributed by atoms with Crippen LogP contribution in [0.3, 0.4) is 0 Å². The maximum Gasteiger partial charge on any atom is 0.345 e. The van der Waals surface area contributed by atoms with Crippen molar-refractivity contribution in [3.63, 3.8) is 0 Å². The Morgan fingerprint density at radius 2 is 1.69 bits per heavy atom. The van der Waals surface area contributed by atoms with E-state index in [-0.39, 0.29) is 30.7 Å². The van der Waals surface area contributed by atoms with E-state index < -0.39 is 11.4 Å². The number of para-hydroxylation sites is 1. The minimum atomic E-state index is -0.614. The zero-order valence-electron chi connectivity index (χ0n) is 21.5. The lowest BCUT2D eigenvalue weighted by molar-refractivity contribution is -0.124. The van der Waals surface area contributed by atoms with Crippen LogP contribution in [0, 0.1) is 11.3 Å². The summed E-state index contributed by atoms with van der Waals surface area (Å²) in [6.07, 6.45) is 4.18. The molecule has 3 amide bonds. The molecule has 36 heavy (non-hydrogen) atoms. The first kappa shape index (κ1) is 25.4. The van der Waals surface area contributed by atoms with Crippen LogP contribution in [0.4, 0.5) is 21.9 Å². The second-order valence-electron chi connectivity index (χ2n) is 10.5. The second-order valence-corrected chi connectivity index (χ2v) is 10.5. The lowest BCUT2D eigenvalue weighted by Crippen LogP contribution is -2.47. The van der Waals surface area contributed by atoms with Crippen molar-refractivity contribution in [2.45, 2.75) is 46.5 Å². The summed E-state index contributed by atoms with van der Waals surface area (Å²) in [5.74, 6) is -0.225. The molecule has 8 nitrogen and oxygen atoms in total. The summed E-state index contributed by atoms with van der Waals surface area (Å²) < 4.78 is 0. The maximum absolute atomic E-state index is 13.8. The summed E-state index contributed by atoms with van der Waals surface area (Å²) in [7, 11) is 1.81. The molecule has 2 aliphatic rings. The van der Waals surface area contributed by atoms with Crippen molar-refractivity contribution in [1.82, 2.24) is 5.01 Å². The van der Waals surface area contributed by atoms with Gasteiger partial charge < -0.3 is 10.6 Å². The van der Waals surface area contributed by atoms with E-state index in [1.165, 1.54) is 9.91 Å². The van der Waals surface area contributed by atoms with Gasteiger partial charge in [-0.2, -0.15) is 5.10 Å². The van der Waals surface area contributed by atoms with Gasteiger partial charge in [0.05, 0.1) is 17.9 Å². The van der Waals surface area contributed by atoms with Crippen LogP contribution in [0.1, 0.15) is 52.0 Å². The summed E-state index contributed by atoms with van der Waals surface area (Å²) in [4.78, 5) is 41.4. The molecule has 0 atom stereocenters. The first-order chi connectivity index (χ1) is 17.2. The van der Waals surface area contributed by atoms with Crippen molar-refractivity contribution >= 4 is 40.5 Å². The SMILES string of the molecule is CNc1cccc(NC(=O)CN2N=C(C3CCCC3)c3ccccc3N(CC(=O)C(C)(C)C)C2=O)c1. The number of urea groups is 1. The smallest absolute Gasteiger partial charge is 0.345 e. The van der Waals surface area contributed by atoms with Gasteiger partial charge in [0.1, 0.15) is 6.54 Å². The van der Waals surface area contributed by atoms with Gasteiger partial charge in [-0.25, -0.2) is 9.80 Å². The van der Waals surface area contributed by atoms with Gasteiger partial charge in [0.25, 0.3) is 0 Å². The van der Waals surface area contributed by atoms with E-state index in [2.05, 4.69) is 10.6 Å². The highest BCUT2D eigenvalue weighted by atomic mass is 16.2. The number of ketones is 1. The molecule has 2 N–H and O–H groups in total. The number of hydrogen-bond donors (Lipinski definition) is 2. The molecular weight excluding hydrogens is 454 g/mol. The molecule has 0 spiro atoms. The molecule has 1 fully saturated rings. The van der Waals surface area contributed by atoms with Crippen molar-refractivity contribution in [3.8, 4) is 0 Å². The minimum Gasteiger partial charge on any atom is -0.388 e. The van der Waals surface area contributed by atoms with E-state index in [9.17, 15) is 14.4 Å². The van der Waals surface area contributed by atoms with Gasteiger partial charge in [-0.1, -0.05) is 57.9 Å². The number of anilines is 3. The molecule has 0 radical (unpaired) electrons. The Morgan fingerprint density at radius 1 is 1.00 bits per heavy atom. The molecule has 4 rings (SSSR count). The van der Waals surface area contributed by atoms with Crippen LogP contribution in [0.5, 0.6) is 0 Å². The highest BCUT2D eigenvalue weighted by molar-refractivity contribution is 6.13. The third-order valence-corrected chi connectivity index (χ3v) is 6.76. The highest BCUT2D eigenvalue weighted by Crippen LogP contribution is 2.35. The van der Waals surface area contributed by atoms with Gasteiger partial charge in [-0.3, -0.25) is 14.5 Å². The summed E-state index contributed by atoms with van der Waals surface area (Å²) >= 11 is 0. The van der Waals surface area contributed by atoms with Crippen LogP contribution >= 0.6 is 0 Å².